The maximum atomic E-state index is 0. The zero-order valence-corrected chi connectivity index (χ0v) is 3.27. The van der Waals surface area contributed by atoms with Gasteiger partial charge in [0.1, 0.15) is 0 Å². The Hall–Kier alpha value is 0.983. The van der Waals surface area contributed by atoms with Crippen LogP contribution >= 0.6 is 24.8 Å². The molecule has 0 aliphatic rings. The Morgan fingerprint density at radius 1 is 0.600 bits per heavy atom. The molecular weight excluding hydrogens is 182 g/mol. The van der Waals surface area contributed by atoms with Gasteiger partial charge in [0.15, 0.2) is 0 Å². The zero-order chi connectivity index (χ0) is 0. The van der Waals surface area contributed by atoms with Crippen molar-refractivity contribution in [3.05, 3.63) is 0 Å². The van der Waals surface area contributed by atoms with Crippen LogP contribution in [0.4, 0.5) is 9.41 Å². The summed E-state index contributed by atoms with van der Waals surface area (Å²) in [6.07, 6.45) is 0. The molecular formula is H8Cl2F2Ge. The molecule has 5 heavy (non-hydrogen) atoms. The Bertz CT molecular complexity index is 7.61. The second-order valence-corrected chi connectivity index (χ2v) is 0. The van der Waals surface area contributed by atoms with Crippen LogP contribution < -0.4 is 0 Å². The van der Waals surface area contributed by atoms with E-state index in [2.05, 4.69) is 0 Å². The van der Waals surface area contributed by atoms with Gasteiger partial charge >= 0.3 is 17.6 Å². The van der Waals surface area contributed by atoms with E-state index in [4.69, 9.17) is 0 Å². The Kier molecular flexibility index (Phi) is 2520. The van der Waals surface area contributed by atoms with Crippen LogP contribution in [-0.2, 0) is 0 Å². The van der Waals surface area contributed by atoms with Crippen LogP contribution in [0.2, 0.25) is 0 Å². The number of halogens is 4. The average molecular weight is 190 g/mol. The summed E-state index contributed by atoms with van der Waals surface area (Å²) >= 11 is 0. The predicted molar refractivity (Wildman–Crippen MR) is 30.8 cm³/mol. The minimum atomic E-state index is 0. The van der Waals surface area contributed by atoms with E-state index in [1.54, 1.807) is 0 Å². The Morgan fingerprint density at radius 3 is 0.600 bits per heavy atom. The third-order valence-electron chi connectivity index (χ3n) is 0. The monoisotopic (exact) mass is 190 g/mol. The van der Waals surface area contributed by atoms with Gasteiger partial charge in [-0.3, -0.25) is 9.41 Å². The van der Waals surface area contributed by atoms with Gasteiger partial charge in [0.2, 0.25) is 0 Å². The summed E-state index contributed by atoms with van der Waals surface area (Å²) in [6, 6.07) is 0. The van der Waals surface area contributed by atoms with Crippen molar-refractivity contribution in [1.82, 2.24) is 0 Å². The van der Waals surface area contributed by atoms with E-state index in [-0.39, 0.29) is 51.8 Å². The van der Waals surface area contributed by atoms with E-state index >= 15 is 0 Å². The molecule has 0 rings (SSSR count). The van der Waals surface area contributed by atoms with Gasteiger partial charge in [0.05, 0.1) is 0 Å². The summed E-state index contributed by atoms with van der Waals surface area (Å²) in [6.45, 7) is 0. The van der Waals surface area contributed by atoms with Crippen molar-refractivity contribution >= 4 is 42.4 Å². The van der Waals surface area contributed by atoms with E-state index < -0.39 is 0 Å². The molecule has 0 heterocycles. The SMILES string of the molecule is Cl.Cl.F.F.[GeH4]. The van der Waals surface area contributed by atoms with E-state index in [0.29, 0.717) is 0 Å². The first-order valence-corrected chi connectivity index (χ1v) is 0. The van der Waals surface area contributed by atoms with Gasteiger partial charge in [-0.1, -0.05) is 0 Å². The molecule has 0 nitrogen and oxygen atoms in total. The van der Waals surface area contributed by atoms with Crippen molar-refractivity contribution in [1.29, 1.82) is 0 Å². The minimum absolute atomic E-state index is 0. The second kappa shape index (κ2) is 81.8. The van der Waals surface area contributed by atoms with Gasteiger partial charge in [0, 0.05) is 0 Å². The molecule has 0 aliphatic heterocycles. The first-order valence-electron chi connectivity index (χ1n) is 0. The molecule has 0 amide bonds. The molecule has 5 heteroatoms. The fraction of sp³-hybridized carbons (Fsp3) is 0. The molecule has 40 valence electrons. The standard InChI is InChI=1S/2ClH.2FH.GeH4/h4*1H;1H4. The molecule has 0 spiro atoms. The third kappa shape index (κ3) is 45.9. The van der Waals surface area contributed by atoms with Crippen LogP contribution in [0.25, 0.3) is 0 Å². The Morgan fingerprint density at radius 2 is 0.600 bits per heavy atom. The Balaban J connectivity index is 0. The van der Waals surface area contributed by atoms with Crippen LogP contribution in [-0.4, -0.2) is 17.6 Å². The molecule has 0 aromatic rings. The summed E-state index contributed by atoms with van der Waals surface area (Å²) < 4.78 is 0. The summed E-state index contributed by atoms with van der Waals surface area (Å²) in [5.74, 6) is 0. The van der Waals surface area contributed by atoms with Gasteiger partial charge in [-0.25, -0.2) is 0 Å². The summed E-state index contributed by atoms with van der Waals surface area (Å²) in [5, 5.41) is 0. The number of hydrogen-bond donors (Lipinski definition) is 0. The molecule has 0 saturated carbocycles. The molecule has 0 aromatic heterocycles. The molecule has 0 aromatic carbocycles. The molecule has 0 radical (unpaired) electrons. The number of hydrogen-bond acceptors (Lipinski definition) is 0. The number of rotatable bonds is 0. The van der Waals surface area contributed by atoms with Crippen LogP contribution in [0.1, 0.15) is 0 Å². The van der Waals surface area contributed by atoms with Crippen molar-refractivity contribution in [3.8, 4) is 0 Å². The van der Waals surface area contributed by atoms with Crippen molar-refractivity contribution in [3.63, 3.8) is 0 Å². The second-order valence-electron chi connectivity index (χ2n) is 0. The summed E-state index contributed by atoms with van der Waals surface area (Å²) in [4.78, 5) is 0. The fourth-order valence-electron chi connectivity index (χ4n) is 0. The molecule has 0 saturated heterocycles. The zero-order valence-electron chi connectivity index (χ0n) is 1.63. The van der Waals surface area contributed by atoms with Crippen LogP contribution in [0.5, 0.6) is 0 Å². The van der Waals surface area contributed by atoms with Crippen molar-refractivity contribution in [2.75, 3.05) is 0 Å². The Labute approximate surface area is 52.2 Å². The van der Waals surface area contributed by atoms with Gasteiger partial charge in [0.25, 0.3) is 0 Å². The summed E-state index contributed by atoms with van der Waals surface area (Å²) in [7, 11) is 0. The van der Waals surface area contributed by atoms with Gasteiger partial charge in [-0.2, -0.15) is 0 Å². The average Bonchev–Trinajstić information content (AvgIpc) is 0. The van der Waals surface area contributed by atoms with Gasteiger partial charge in [-0.15, -0.1) is 24.8 Å². The molecule has 0 unspecified atom stereocenters. The molecule has 0 fully saturated rings. The molecule has 0 atom stereocenters. The van der Waals surface area contributed by atoms with Crippen molar-refractivity contribution in [2.45, 2.75) is 0 Å². The van der Waals surface area contributed by atoms with E-state index in [0.717, 1.165) is 0 Å². The van der Waals surface area contributed by atoms with Crippen molar-refractivity contribution < 1.29 is 9.41 Å². The molecule has 0 aliphatic carbocycles. The van der Waals surface area contributed by atoms with Gasteiger partial charge in [-0.05, 0) is 0 Å². The third-order valence-corrected chi connectivity index (χ3v) is 0. The fourth-order valence-corrected chi connectivity index (χ4v) is 0. The molecule has 0 N–H and O–H groups in total. The quantitative estimate of drug-likeness (QED) is 0.459. The van der Waals surface area contributed by atoms with E-state index in [9.17, 15) is 0 Å². The van der Waals surface area contributed by atoms with Crippen LogP contribution in [0, 0.1) is 0 Å². The summed E-state index contributed by atoms with van der Waals surface area (Å²) in [5.41, 5.74) is 0. The maximum absolute atomic E-state index is 0. The normalized spacial score (nSPS) is 0. The first-order chi connectivity index (χ1) is 0. The van der Waals surface area contributed by atoms with Crippen LogP contribution in [0.15, 0.2) is 0 Å². The topological polar surface area (TPSA) is 0 Å². The van der Waals surface area contributed by atoms with E-state index in [1.165, 1.54) is 0 Å². The predicted octanol–water partition coefficient (Wildman–Crippen LogP) is -0.303. The first kappa shape index (κ1) is 154. The van der Waals surface area contributed by atoms with Crippen molar-refractivity contribution in [2.24, 2.45) is 0 Å². The molecule has 0 bridgehead atoms. The van der Waals surface area contributed by atoms with Crippen LogP contribution in [0.3, 0.4) is 0 Å². The van der Waals surface area contributed by atoms with E-state index in [1.807, 2.05) is 0 Å². The van der Waals surface area contributed by atoms with Gasteiger partial charge < -0.3 is 0 Å².